The minimum Gasteiger partial charge on any atom is -0.143 e. The first kappa shape index (κ1) is 94.7. The Kier molecular flexibility index (Phi) is 40.6. The van der Waals surface area contributed by atoms with Crippen LogP contribution in [0.15, 0.2) is 126 Å². The fraction of sp³-hybridized carbons (Fsp3) is 0.519. The zero-order valence-electron chi connectivity index (χ0n) is 74.6. The van der Waals surface area contributed by atoms with Gasteiger partial charge in [-0.25, -0.2) is 0 Å². The molecule has 650 valence electrons. The molecule has 0 unspecified atom stereocenters. The van der Waals surface area contributed by atoms with Gasteiger partial charge in [0.15, 0.2) is 0 Å². The van der Waals surface area contributed by atoms with Crippen LogP contribution >= 0.6 is 147 Å². The van der Waals surface area contributed by atoms with Crippen molar-refractivity contribution < 1.29 is 0 Å². The summed E-state index contributed by atoms with van der Waals surface area (Å²) in [5.74, 6) is 0. The highest BCUT2D eigenvalue weighted by Crippen LogP contribution is 2.55. The molecule has 0 aliphatic heterocycles. The highest BCUT2D eigenvalue weighted by Gasteiger charge is 2.26. The van der Waals surface area contributed by atoms with Crippen LogP contribution in [0, 0.1) is 0 Å². The van der Waals surface area contributed by atoms with Crippen LogP contribution in [0.5, 0.6) is 0 Å². The highest BCUT2D eigenvalue weighted by molar-refractivity contribution is 7.33. The Morgan fingerprint density at radius 3 is 0.562 bits per heavy atom. The molecule has 0 amide bonds. The summed E-state index contributed by atoms with van der Waals surface area (Å²) in [6, 6.07) is 47.5. The second kappa shape index (κ2) is 51.9. The summed E-state index contributed by atoms with van der Waals surface area (Å²) in [4.78, 5) is 35.0. The van der Waals surface area contributed by atoms with Gasteiger partial charge in [-0.05, 0) is 255 Å². The number of hydrogen-bond acceptors (Lipinski definition) is 13. The van der Waals surface area contributed by atoms with Crippen molar-refractivity contribution in [2.75, 3.05) is 0 Å². The molecule has 13 aromatic heterocycles. The van der Waals surface area contributed by atoms with Crippen molar-refractivity contribution in [1.82, 2.24) is 0 Å². The Hall–Kier alpha value is -3.90. The molecule has 0 N–H and O–H groups in total. The van der Waals surface area contributed by atoms with Crippen molar-refractivity contribution >= 4 is 147 Å². The van der Waals surface area contributed by atoms with Crippen molar-refractivity contribution in [2.24, 2.45) is 0 Å². The maximum atomic E-state index is 2.68. The lowest BCUT2D eigenvalue weighted by molar-refractivity contribution is 0.608. The average Bonchev–Trinajstić information content (AvgIpc) is 1.62. The van der Waals surface area contributed by atoms with Crippen molar-refractivity contribution in [3.8, 4) is 117 Å². The molecular formula is C108H140S13. The zero-order valence-corrected chi connectivity index (χ0v) is 85.2. The molecule has 13 aromatic rings. The highest BCUT2D eigenvalue weighted by atomic mass is 32.2. The van der Waals surface area contributed by atoms with Gasteiger partial charge in [0.1, 0.15) is 0 Å². The van der Waals surface area contributed by atoms with Crippen molar-refractivity contribution in [3.63, 3.8) is 0 Å². The number of unbranched alkanes of at least 4 members (excludes halogenated alkanes) is 35. The van der Waals surface area contributed by atoms with E-state index in [-0.39, 0.29) is 0 Å². The van der Waals surface area contributed by atoms with Crippen molar-refractivity contribution in [1.29, 1.82) is 0 Å². The average molecular weight is 1860 g/mol. The second-order valence-electron chi connectivity index (χ2n) is 34.5. The Morgan fingerprint density at radius 1 is 0.140 bits per heavy atom. The standard InChI is InChI=1S/C108H140S13/c1-8-15-22-29-36-43-50-78-69-71-109-102(78)93-65-61-87(113-93)85-57-58-86(111-85)88-62-66-95(114-88)105-83(55-48-41-34-27-20-13-6)76-100(120-105)107-80(52-45-38-31-24-17-10-3)73-97(117-107)91-59-60-92(112-91)98-74-81(53-46-39-32-25-18-11-4)108(118-98)101-77-84(56-49-42-35-28-21-14-7)106(121-101)96-68-64-90(116-96)89-63-67-94(115-89)104-82(54-47-40-33-26-19-12-5)75-99(119-104)103-79(70-72-110-103)51-44-37-30-23-16-9-2/h57-77H,8-56H2,1-7H3. The minimum absolute atomic E-state index is 1.15. The minimum atomic E-state index is 1.15. The number of rotatable bonds is 61. The SMILES string of the molecule is CCCCCCCCc1ccsc1-c1ccc(-c2ccc(-c3ccc(-c4sc(-c5sc(-c6ccc(-c7cc(CCCCCCCC)c(-c8cc(CCCCCCCC)c(-c9ccc(-c%10ccc(-c%11sc(-c%12sccc%12CCCCCCCC)cc%11CCCCCCCC)s%10)s9)s8)s7)s6)cc5CCCCCCCC)cc4CCCCCCCC)s3)s2)s1. The van der Waals surface area contributed by atoms with Crippen LogP contribution in [0.2, 0.25) is 0 Å². The lowest BCUT2D eigenvalue weighted by Crippen LogP contribution is -1.87. The summed E-state index contributed by atoms with van der Waals surface area (Å²) in [6.07, 6.45) is 63.9. The molecule has 0 bridgehead atoms. The Balaban J connectivity index is 0.779. The summed E-state index contributed by atoms with van der Waals surface area (Å²) in [5, 5.41) is 4.68. The molecule has 13 rings (SSSR count). The van der Waals surface area contributed by atoms with E-state index in [1.54, 1.807) is 38.9 Å². The van der Waals surface area contributed by atoms with E-state index in [0.717, 1.165) is 25.7 Å². The molecule has 0 aromatic carbocycles. The Labute approximate surface area is 784 Å². The molecule has 13 heterocycles. The first-order valence-corrected chi connectivity index (χ1v) is 58.9. The number of thiophene rings is 13. The molecule has 0 fully saturated rings. The van der Waals surface area contributed by atoms with Crippen LogP contribution in [0.4, 0.5) is 0 Å². The molecular weight excluding hydrogens is 1710 g/mol. The predicted octanol–water partition coefficient (Wildman–Crippen LogP) is 42.8. The van der Waals surface area contributed by atoms with Gasteiger partial charge in [-0.2, -0.15) is 0 Å². The molecule has 0 radical (unpaired) electrons. The lowest BCUT2D eigenvalue weighted by atomic mass is 10.0. The summed E-state index contributed by atoms with van der Waals surface area (Å²) in [6.45, 7) is 16.4. The third kappa shape index (κ3) is 27.6. The van der Waals surface area contributed by atoms with E-state index in [1.807, 2.05) is 79.4 Å². The molecule has 0 nitrogen and oxygen atoms in total. The zero-order chi connectivity index (χ0) is 83.6. The molecule has 0 atom stereocenters. The van der Waals surface area contributed by atoms with E-state index in [0.29, 0.717) is 0 Å². The Bertz CT molecular complexity index is 5050. The monoisotopic (exact) mass is 1850 g/mol. The molecule has 0 aliphatic rings. The smallest absolute Gasteiger partial charge is 0.0481 e. The molecule has 0 saturated carbocycles. The molecule has 121 heavy (non-hydrogen) atoms. The van der Waals surface area contributed by atoms with Crippen LogP contribution in [-0.2, 0) is 44.9 Å². The fourth-order valence-electron chi connectivity index (χ4n) is 17.4. The van der Waals surface area contributed by atoms with Crippen LogP contribution < -0.4 is 0 Å². The van der Waals surface area contributed by atoms with E-state index in [1.165, 1.54) is 406 Å². The predicted molar refractivity (Wildman–Crippen MR) is 564 cm³/mol. The van der Waals surface area contributed by atoms with Crippen molar-refractivity contribution in [3.05, 3.63) is 165 Å². The summed E-state index contributed by atoms with van der Waals surface area (Å²) >= 11 is 26.5. The largest absolute Gasteiger partial charge is 0.143 e. The summed E-state index contributed by atoms with van der Waals surface area (Å²) < 4.78 is 0. The summed E-state index contributed by atoms with van der Waals surface area (Å²) in [5.41, 5.74) is 11.0. The van der Waals surface area contributed by atoms with E-state index < -0.39 is 0 Å². The maximum Gasteiger partial charge on any atom is 0.0481 e. The van der Waals surface area contributed by atoms with Crippen LogP contribution in [0.3, 0.4) is 0 Å². The van der Waals surface area contributed by atoms with Crippen LogP contribution in [0.1, 0.15) is 357 Å². The first-order valence-electron chi connectivity index (χ1n) is 48.1. The van der Waals surface area contributed by atoms with Gasteiger partial charge < -0.3 is 0 Å². The maximum absolute atomic E-state index is 2.68. The second-order valence-corrected chi connectivity index (χ2v) is 48.1. The normalized spacial score (nSPS) is 11.9. The Morgan fingerprint density at radius 2 is 0.306 bits per heavy atom. The van der Waals surface area contributed by atoms with Gasteiger partial charge in [0, 0.05) is 117 Å². The van der Waals surface area contributed by atoms with Gasteiger partial charge in [0.05, 0.1) is 0 Å². The fourth-order valence-corrected chi connectivity index (χ4v) is 32.9. The lowest BCUT2D eigenvalue weighted by Gasteiger charge is -2.03. The van der Waals surface area contributed by atoms with E-state index in [9.17, 15) is 0 Å². The topological polar surface area (TPSA) is 0 Å². The first-order chi connectivity index (χ1) is 59.7. The van der Waals surface area contributed by atoms with Crippen LogP contribution in [0.25, 0.3) is 117 Å². The van der Waals surface area contributed by atoms with Crippen LogP contribution in [-0.4, -0.2) is 0 Å². The molecule has 0 aliphatic carbocycles. The van der Waals surface area contributed by atoms with Gasteiger partial charge in [0.25, 0.3) is 0 Å². The third-order valence-corrected chi connectivity index (χ3v) is 41.1. The third-order valence-electron chi connectivity index (χ3n) is 24.6. The number of aryl methyl sites for hydroxylation is 7. The quantitative estimate of drug-likeness (QED) is 0.0333. The molecule has 13 heteroatoms. The van der Waals surface area contributed by atoms with E-state index in [4.69, 9.17) is 0 Å². The van der Waals surface area contributed by atoms with Crippen molar-refractivity contribution in [2.45, 2.75) is 363 Å². The van der Waals surface area contributed by atoms with Gasteiger partial charge in [-0.15, -0.1) is 147 Å². The summed E-state index contributed by atoms with van der Waals surface area (Å²) in [7, 11) is 0. The van der Waals surface area contributed by atoms with Gasteiger partial charge in [-0.3, -0.25) is 0 Å². The van der Waals surface area contributed by atoms with Gasteiger partial charge in [-0.1, -0.05) is 273 Å². The van der Waals surface area contributed by atoms with Gasteiger partial charge in [0.2, 0.25) is 0 Å². The van der Waals surface area contributed by atoms with E-state index >= 15 is 0 Å². The molecule has 0 spiro atoms. The van der Waals surface area contributed by atoms with Gasteiger partial charge >= 0.3 is 0 Å². The number of hydrogen-bond donors (Lipinski definition) is 0. The molecule has 0 saturated heterocycles. The van der Waals surface area contributed by atoms with E-state index in [2.05, 4.69) is 243 Å².